The number of rotatable bonds is 8. The Morgan fingerprint density at radius 3 is 2.46 bits per heavy atom. The summed E-state index contributed by atoms with van der Waals surface area (Å²) >= 11 is 0. The molecule has 2 N–H and O–H groups in total. The molecule has 8 heteroatoms. The minimum atomic E-state index is -0.910. The topological polar surface area (TPSA) is 101 Å². The van der Waals surface area contributed by atoms with Gasteiger partial charge in [-0.2, -0.15) is 0 Å². The number of nitrogens with zero attached hydrogens (tertiary/aromatic N) is 2. The number of hydrogen-bond donors (Lipinski definition) is 2. The molecule has 2 unspecified atom stereocenters. The summed E-state index contributed by atoms with van der Waals surface area (Å²) < 4.78 is 5.79. The number of hydrogen-bond acceptors (Lipinski definition) is 5. The van der Waals surface area contributed by atoms with E-state index in [4.69, 9.17) is 4.74 Å². The molecule has 1 aliphatic rings. The van der Waals surface area contributed by atoms with E-state index in [0.717, 1.165) is 16.7 Å². The Kier molecular flexibility index (Phi) is 7.63. The van der Waals surface area contributed by atoms with E-state index in [0.29, 0.717) is 23.4 Å². The second-order valence-electron chi connectivity index (χ2n) is 9.39. The highest BCUT2D eigenvalue weighted by Gasteiger charge is 2.47. The van der Waals surface area contributed by atoms with Crippen LogP contribution in [0.2, 0.25) is 0 Å². The fourth-order valence-corrected chi connectivity index (χ4v) is 4.48. The Morgan fingerprint density at radius 2 is 1.72 bits per heavy atom. The van der Waals surface area contributed by atoms with Gasteiger partial charge in [0.25, 0.3) is 5.91 Å². The zero-order valence-electron chi connectivity index (χ0n) is 21.4. The number of aryl methyl sites for hydroxylation is 1. The van der Waals surface area contributed by atoms with Gasteiger partial charge in [0, 0.05) is 24.6 Å². The SMILES string of the molecule is Cc1ccc(CN2C(=O)OC(c3cccc(NC(=O)c4cccnc4)c3)C2C(=O)NCc2ccccc2)cc1. The standard InChI is InChI=1S/C31H28N4O4/c1-21-12-14-23(15-13-21)20-35-27(30(37)33-18-22-7-3-2-4-8-22)28(39-31(35)38)24-9-5-11-26(17-24)34-29(36)25-10-6-16-32-19-25/h2-17,19,27-28H,18,20H2,1H3,(H,33,37)(H,34,36). The van der Waals surface area contributed by atoms with Crippen molar-refractivity contribution < 1.29 is 19.1 Å². The molecule has 3 amide bonds. The van der Waals surface area contributed by atoms with Crippen LogP contribution in [0.4, 0.5) is 10.5 Å². The van der Waals surface area contributed by atoms with Crippen LogP contribution in [0.1, 0.15) is 38.7 Å². The van der Waals surface area contributed by atoms with Gasteiger partial charge in [0.05, 0.1) is 12.1 Å². The number of nitrogens with one attached hydrogen (secondary N) is 2. The third-order valence-electron chi connectivity index (χ3n) is 6.53. The van der Waals surface area contributed by atoms with Crippen LogP contribution in [0.3, 0.4) is 0 Å². The first-order valence-electron chi connectivity index (χ1n) is 12.6. The van der Waals surface area contributed by atoms with Crippen molar-refractivity contribution in [3.8, 4) is 0 Å². The number of carbonyl (C=O) groups is 3. The third kappa shape index (κ3) is 6.13. The van der Waals surface area contributed by atoms with Crippen molar-refractivity contribution in [1.29, 1.82) is 0 Å². The molecular formula is C31H28N4O4. The molecule has 2 heterocycles. The van der Waals surface area contributed by atoms with E-state index in [1.165, 1.54) is 11.1 Å². The maximum Gasteiger partial charge on any atom is 0.411 e. The lowest BCUT2D eigenvalue weighted by Crippen LogP contribution is -2.46. The molecule has 196 valence electrons. The molecule has 0 spiro atoms. The number of ether oxygens (including phenoxy) is 1. The van der Waals surface area contributed by atoms with Gasteiger partial charge in [-0.25, -0.2) is 4.79 Å². The lowest BCUT2D eigenvalue weighted by Gasteiger charge is -2.24. The quantitative estimate of drug-likeness (QED) is 0.340. The number of carbonyl (C=O) groups excluding carboxylic acids is 3. The molecule has 1 aromatic heterocycles. The largest absolute Gasteiger partial charge is 0.438 e. The Morgan fingerprint density at radius 1 is 0.923 bits per heavy atom. The van der Waals surface area contributed by atoms with E-state index in [1.807, 2.05) is 61.5 Å². The number of amides is 3. The number of pyridine rings is 1. The molecule has 4 aromatic rings. The van der Waals surface area contributed by atoms with Crippen molar-refractivity contribution in [3.63, 3.8) is 0 Å². The van der Waals surface area contributed by atoms with E-state index >= 15 is 0 Å². The minimum Gasteiger partial charge on any atom is -0.438 e. The number of benzene rings is 3. The molecule has 5 rings (SSSR count). The van der Waals surface area contributed by atoms with E-state index in [2.05, 4.69) is 15.6 Å². The highest BCUT2D eigenvalue weighted by atomic mass is 16.6. The highest BCUT2D eigenvalue weighted by molar-refractivity contribution is 6.04. The van der Waals surface area contributed by atoms with Gasteiger partial charge in [-0.15, -0.1) is 0 Å². The second kappa shape index (κ2) is 11.6. The molecular weight excluding hydrogens is 492 g/mol. The molecule has 0 bridgehead atoms. The van der Waals surface area contributed by atoms with Crippen LogP contribution in [-0.2, 0) is 22.6 Å². The summed E-state index contributed by atoms with van der Waals surface area (Å²) in [6, 6.07) is 26.8. The lowest BCUT2D eigenvalue weighted by atomic mass is 9.99. The summed E-state index contributed by atoms with van der Waals surface area (Å²) in [4.78, 5) is 44.8. The second-order valence-corrected chi connectivity index (χ2v) is 9.39. The monoisotopic (exact) mass is 520 g/mol. The van der Waals surface area contributed by atoms with Gasteiger partial charge in [-0.05, 0) is 47.9 Å². The van der Waals surface area contributed by atoms with Crippen molar-refractivity contribution in [2.24, 2.45) is 0 Å². The average Bonchev–Trinajstić information content (AvgIpc) is 3.29. The van der Waals surface area contributed by atoms with Gasteiger partial charge in [-0.3, -0.25) is 19.5 Å². The van der Waals surface area contributed by atoms with E-state index in [9.17, 15) is 14.4 Å². The third-order valence-corrected chi connectivity index (χ3v) is 6.53. The molecule has 1 saturated heterocycles. The maximum absolute atomic E-state index is 13.6. The number of cyclic esters (lactones) is 1. The normalized spacial score (nSPS) is 16.4. The van der Waals surface area contributed by atoms with Crippen LogP contribution in [0.5, 0.6) is 0 Å². The van der Waals surface area contributed by atoms with Crippen LogP contribution in [0, 0.1) is 6.92 Å². The van der Waals surface area contributed by atoms with Crippen molar-refractivity contribution in [2.45, 2.75) is 32.2 Å². The first-order chi connectivity index (χ1) is 19.0. The summed E-state index contributed by atoms with van der Waals surface area (Å²) in [5, 5.41) is 5.81. The minimum absolute atomic E-state index is 0.219. The highest BCUT2D eigenvalue weighted by Crippen LogP contribution is 2.35. The predicted molar refractivity (Wildman–Crippen MR) is 147 cm³/mol. The Balaban J connectivity index is 1.40. The van der Waals surface area contributed by atoms with Crippen molar-refractivity contribution in [1.82, 2.24) is 15.2 Å². The Hall–Kier alpha value is -4.98. The predicted octanol–water partition coefficient (Wildman–Crippen LogP) is 5.02. The number of anilines is 1. The van der Waals surface area contributed by atoms with Crippen molar-refractivity contribution >= 4 is 23.6 Å². The molecule has 1 aliphatic heterocycles. The van der Waals surface area contributed by atoms with Crippen LogP contribution in [0.25, 0.3) is 0 Å². The Bertz CT molecular complexity index is 1460. The smallest absolute Gasteiger partial charge is 0.411 e. The van der Waals surface area contributed by atoms with Gasteiger partial charge >= 0.3 is 6.09 Å². The zero-order chi connectivity index (χ0) is 27.2. The summed E-state index contributed by atoms with van der Waals surface area (Å²) in [6.07, 6.45) is 1.63. The average molecular weight is 521 g/mol. The van der Waals surface area contributed by atoms with Gasteiger partial charge in [-0.1, -0.05) is 72.3 Å². The molecule has 0 saturated carbocycles. The van der Waals surface area contributed by atoms with Crippen LogP contribution >= 0.6 is 0 Å². The summed E-state index contributed by atoms with van der Waals surface area (Å²) in [5.41, 5.74) is 4.45. The first kappa shape index (κ1) is 25.7. The lowest BCUT2D eigenvalue weighted by molar-refractivity contribution is -0.126. The molecule has 0 aliphatic carbocycles. The Labute approximate surface area is 226 Å². The number of aromatic nitrogens is 1. The summed E-state index contributed by atoms with van der Waals surface area (Å²) in [7, 11) is 0. The molecule has 3 aromatic carbocycles. The van der Waals surface area contributed by atoms with E-state index in [-0.39, 0.29) is 18.4 Å². The van der Waals surface area contributed by atoms with Gasteiger partial charge in [0.15, 0.2) is 12.1 Å². The van der Waals surface area contributed by atoms with Crippen molar-refractivity contribution in [3.05, 3.63) is 131 Å². The zero-order valence-corrected chi connectivity index (χ0v) is 21.4. The summed E-state index contributed by atoms with van der Waals surface area (Å²) in [6.45, 7) is 2.52. The first-order valence-corrected chi connectivity index (χ1v) is 12.6. The van der Waals surface area contributed by atoms with E-state index < -0.39 is 18.2 Å². The van der Waals surface area contributed by atoms with Crippen molar-refractivity contribution in [2.75, 3.05) is 5.32 Å². The van der Waals surface area contributed by atoms with Gasteiger partial charge in [0.2, 0.25) is 5.91 Å². The fourth-order valence-electron chi connectivity index (χ4n) is 4.48. The van der Waals surface area contributed by atoms with Gasteiger partial charge < -0.3 is 15.4 Å². The molecule has 39 heavy (non-hydrogen) atoms. The molecule has 1 fully saturated rings. The van der Waals surface area contributed by atoms with E-state index in [1.54, 1.807) is 42.6 Å². The fraction of sp³-hybridized carbons (Fsp3) is 0.161. The molecule has 0 radical (unpaired) electrons. The van der Waals surface area contributed by atoms with Crippen LogP contribution in [0.15, 0.2) is 103 Å². The maximum atomic E-state index is 13.6. The molecule has 2 atom stereocenters. The molecule has 8 nitrogen and oxygen atoms in total. The van der Waals surface area contributed by atoms with Crippen LogP contribution in [-0.4, -0.2) is 33.8 Å². The van der Waals surface area contributed by atoms with Crippen LogP contribution < -0.4 is 10.6 Å². The summed E-state index contributed by atoms with van der Waals surface area (Å²) in [5.74, 6) is -0.645. The van der Waals surface area contributed by atoms with Gasteiger partial charge in [0.1, 0.15) is 0 Å².